The van der Waals surface area contributed by atoms with E-state index in [9.17, 15) is 4.79 Å². The molecular weight excluding hydrogens is 400 g/mol. The molecule has 0 spiro atoms. The molecule has 156 valence electrons. The van der Waals surface area contributed by atoms with Crippen LogP contribution >= 0.6 is 0 Å². The van der Waals surface area contributed by atoms with Gasteiger partial charge >= 0.3 is 0 Å². The summed E-state index contributed by atoms with van der Waals surface area (Å²) >= 11 is 0. The Balaban J connectivity index is 1.39. The number of anilines is 1. The molecule has 4 heterocycles. The first kappa shape index (κ1) is 19.6. The van der Waals surface area contributed by atoms with E-state index in [2.05, 4.69) is 36.3 Å². The average Bonchev–Trinajstić information content (AvgIpc) is 3.27. The molecule has 7 nitrogen and oxygen atoms in total. The highest BCUT2D eigenvalue weighted by atomic mass is 16.1. The van der Waals surface area contributed by atoms with Crippen LogP contribution in [0.15, 0.2) is 85.5 Å². The third kappa shape index (κ3) is 4.22. The second-order valence-corrected chi connectivity index (χ2v) is 7.33. The van der Waals surface area contributed by atoms with Crippen LogP contribution in [0.1, 0.15) is 12.0 Å². The standard InChI is InChI=1S/C25H20N6O/c32-24(11-10-17-16-28-20-8-2-1-7-19(17)20)30-23-14-22(18-6-5-12-26-15-18)29-25(31-23)21-9-3-4-13-27-21/h1-9,12-16,28H,10-11H2,(H,29,30,31,32). The summed E-state index contributed by atoms with van der Waals surface area (Å²) in [5.41, 5.74) is 4.32. The lowest BCUT2D eigenvalue weighted by molar-refractivity contribution is -0.116. The fourth-order valence-electron chi connectivity index (χ4n) is 3.58. The molecule has 2 N–H and O–H groups in total. The average molecular weight is 420 g/mol. The Morgan fingerprint density at radius 3 is 2.69 bits per heavy atom. The van der Waals surface area contributed by atoms with Crippen molar-refractivity contribution < 1.29 is 4.79 Å². The normalized spacial score (nSPS) is 10.9. The summed E-state index contributed by atoms with van der Waals surface area (Å²) in [7, 11) is 0. The van der Waals surface area contributed by atoms with Crippen LogP contribution in [0.25, 0.3) is 33.7 Å². The number of hydrogen-bond acceptors (Lipinski definition) is 5. The summed E-state index contributed by atoms with van der Waals surface area (Å²) in [6.45, 7) is 0. The van der Waals surface area contributed by atoms with Crippen LogP contribution in [0.4, 0.5) is 5.82 Å². The first-order chi connectivity index (χ1) is 15.8. The van der Waals surface area contributed by atoms with Crippen molar-refractivity contribution in [2.75, 3.05) is 5.32 Å². The zero-order valence-corrected chi connectivity index (χ0v) is 17.2. The molecule has 0 radical (unpaired) electrons. The van der Waals surface area contributed by atoms with E-state index in [-0.39, 0.29) is 5.91 Å². The molecule has 0 fully saturated rings. The molecule has 0 aliphatic carbocycles. The van der Waals surface area contributed by atoms with E-state index in [0.717, 1.165) is 22.0 Å². The lowest BCUT2D eigenvalue weighted by atomic mass is 10.1. The van der Waals surface area contributed by atoms with Crippen LogP contribution in [0.3, 0.4) is 0 Å². The van der Waals surface area contributed by atoms with Gasteiger partial charge in [0, 0.05) is 53.7 Å². The second kappa shape index (κ2) is 8.77. The van der Waals surface area contributed by atoms with E-state index in [1.165, 1.54) is 0 Å². The molecule has 0 aliphatic heterocycles. The summed E-state index contributed by atoms with van der Waals surface area (Å²) in [6.07, 6.45) is 8.05. The first-order valence-electron chi connectivity index (χ1n) is 10.3. The summed E-state index contributed by atoms with van der Waals surface area (Å²) in [6, 6.07) is 19.1. The highest BCUT2D eigenvalue weighted by molar-refractivity contribution is 5.91. The van der Waals surface area contributed by atoms with Crippen LogP contribution in [0.5, 0.6) is 0 Å². The van der Waals surface area contributed by atoms with E-state index < -0.39 is 0 Å². The Hall–Kier alpha value is -4.39. The smallest absolute Gasteiger partial charge is 0.225 e. The summed E-state index contributed by atoms with van der Waals surface area (Å²) in [4.78, 5) is 33.7. The van der Waals surface area contributed by atoms with E-state index in [1.54, 1.807) is 24.7 Å². The number of nitrogens with one attached hydrogen (secondary N) is 2. The van der Waals surface area contributed by atoms with Crippen molar-refractivity contribution in [1.29, 1.82) is 0 Å². The number of H-pyrrole nitrogens is 1. The predicted molar refractivity (Wildman–Crippen MR) is 124 cm³/mol. The summed E-state index contributed by atoms with van der Waals surface area (Å²) in [5, 5.41) is 4.06. The van der Waals surface area contributed by atoms with Gasteiger partial charge in [0.05, 0.1) is 5.69 Å². The largest absolute Gasteiger partial charge is 0.361 e. The number of aromatic nitrogens is 5. The van der Waals surface area contributed by atoms with Gasteiger partial charge in [0.1, 0.15) is 11.5 Å². The Kier molecular flexibility index (Phi) is 5.36. The quantitative estimate of drug-likeness (QED) is 0.417. The van der Waals surface area contributed by atoms with Crippen molar-refractivity contribution >= 4 is 22.6 Å². The van der Waals surface area contributed by atoms with Crippen molar-refractivity contribution in [3.63, 3.8) is 0 Å². The van der Waals surface area contributed by atoms with Gasteiger partial charge in [-0.3, -0.25) is 14.8 Å². The Morgan fingerprint density at radius 1 is 0.938 bits per heavy atom. The Morgan fingerprint density at radius 2 is 1.84 bits per heavy atom. The zero-order valence-electron chi connectivity index (χ0n) is 17.2. The van der Waals surface area contributed by atoms with Gasteiger partial charge in [0.2, 0.25) is 5.91 Å². The van der Waals surface area contributed by atoms with Crippen LogP contribution in [-0.4, -0.2) is 30.8 Å². The molecule has 5 aromatic rings. The number of benzene rings is 1. The van der Waals surface area contributed by atoms with Crippen molar-refractivity contribution in [3.05, 3.63) is 91.0 Å². The number of aryl methyl sites for hydroxylation is 1. The topological polar surface area (TPSA) is 96.5 Å². The van der Waals surface area contributed by atoms with E-state index in [0.29, 0.717) is 35.9 Å². The summed E-state index contributed by atoms with van der Waals surface area (Å²) < 4.78 is 0. The fourth-order valence-corrected chi connectivity index (χ4v) is 3.58. The van der Waals surface area contributed by atoms with Gasteiger partial charge in [-0.25, -0.2) is 9.97 Å². The number of carbonyl (C=O) groups excluding carboxylic acids is 1. The number of carbonyl (C=O) groups is 1. The molecule has 1 aromatic carbocycles. The monoisotopic (exact) mass is 420 g/mol. The predicted octanol–water partition coefficient (Wildman–Crippen LogP) is 4.65. The number of amides is 1. The van der Waals surface area contributed by atoms with Crippen molar-refractivity contribution in [1.82, 2.24) is 24.9 Å². The molecule has 0 atom stereocenters. The molecule has 0 unspecified atom stereocenters. The molecule has 0 aliphatic rings. The Bertz CT molecular complexity index is 1310. The minimum absolute atomic E-state index is 0.113. The van der Waals surface area contributed by atoms with Gasteiger partial charge in [0.15, 0.2) is 5.82 Å². The highest BCUT2D eigenvalue weighted by Crippen LogP contribution is 2.23. The Labute approximate surface area is 184 Å². The summed E-state index contributed by atoms with van der Waals surface area (Å²) in [5.74, 6) is 0.764. The molecule has 1 amide bonds. The van der Waals surface area contributed by atoms with Gasteiger partial charge in [-0.2, -0.15) is 0 Å². The number of aromatic amines is 1. The number of pyridine rings is 2. The van der Waals surface area contributed by atoms with Gasteiger partial charge in [-0.15, -0.1) is 0 Å². The van der Waals surface area contributed by atoms with Gasteiger partial charge in [-0.1, -0.05) is 24.3 Å². The zero-order chi connectivity index (χ0) is 21.8. The maximum absolute atomic E-state index is 12.7. The van der Waals surface area contributed by atoms with Crippen molar-refractivity contribution in [2.24, 2.45) is 0 Å². The van der Waals surface area contributed by atoms with Crippen molar-refractivity contribution in [3.8, 4) is 22.8 Å². The maximum Gasteiger partial charge on any atom is 0.225 e. The second-order valence-electron chi connectivity index (χ2n) is 7.33. The molecule has 0 bridgehead atoms. The third-order valence-electron chi connectivity index (χ3n) is 5.14. The van der Waals surface area contributed by atoms with E-state index in [1.807, 2.05) is 54.7 Å². The van der Waals surface area contributed by atoms with Gasteiger partial charge < -0.3 is 10.3 Å². The minimum atomic E-state index is -0.113. The maximum atomic E-state index is 12.7. The van der Waals surface area contributed by atoms with Crippen LogP contribution in [0.2, 0.25) is 0 Å². The number of hydrogen-bond donors (Lipinski definition) is 2. The SMILES string of the molecule is O=C(CCc1c[nH]c2ccccc12)Nc1cc(-c2cccnc2)nc(-c2ccccn2)n1. The molecule has 0 saturated heterocycles. The fraction of sp³-hybridized carbons (Fsp3) is 0.0800. The number of rotatable bonds is 6. The van der Waals surface area contributed by atoms with Crippen LogP contribution < -0.4 is 5.32 Å². The van der Waals surface area contributed by atoms with Gasteiger partial charge in [-0.05, 0) is 42.3 Å². The van der Waals surface area contributed by atoms with E-state index in [4.69, 9.17) is 0 Å². The molecule has 7 heteroatoms. The molecule has 0 saturated carbocycles. The van der Waals surface area contributed by atoms with Crippen LogP contribution in [-0.2, 0) is 11.2 Å². The molecule has 4 aromatic heterocycles. The number of nitrogens with zero attached hydrogens (tertiary/aromatic N) is 4. The minimum Gasteiger partial charge on any atom is -0.361 e. The number of para-hydroxylation sites is 1. The highest BCUT2D eigenvalue weighted by Gasteiger charge is 2.13. The number of fused-ring (bicyclic) bond motifs is 1. The third-order valence-corrected chi connectivity index (χ3v) is 5.14. The van der Waals surface area contributed by atoms with Crippen LogP contribution in [0, 0.1) is 0 Å². The van der Waals surface area contributed by atoms with E-state index >= 15 is 0 Å². The van der Waals surface area contributed by atoms with Crippen molar-refractivity contribution in [2.45, 2.75) is 12.8 Å². The lowest BCUT2D eigenvalue weighted by Gasteiger charge is -2.09. The molecular formula is C25H20N6O. The molecule has 5 rings (SSSR count). The lowest BCUT2D eigenvalue weighted by Crippen LogP contribution is -2.14. The first-order valence-corrected chi connectivity index (χ1v) is 10.3. The molecule has 32 heavy (non-hydrogen) atoms. The van der Waals surface area contributed by atoms with Gasteiger partial charge in [0.25, 0.3) is 0 Å².